The largest absolute Gasteiger partial charge is 0.315 e. The van der Waals surface area contributed by atoms with E-state index in [1.807, 2.05) is 0 Å². The Bertz CT molecular complexity index is 717. The van der Waals surface area contributed by atoms with E-state index >= 15 is 0 Å². The molecule has 2 unspecified atom stereocenters. The molecule has 126 valence electrons. The third-order valence-corrected chi connectivity index (χ3v) is 6.26. The van der Waals surface area contributed by atoms with Crippen LogP contribution in [0.4, 0.5) is 5.69 Å². The van der Waals surface area contributed by atoms with Gasteiger partial charge in [-0.1, -0.05) is 6.92 Å². The minimum Gasteiger partial charge on any atom is -0.315 e. The van der Waals surface area contributed by atoms with Crippen LogP contribution in [0.15, 0.2) is 23.1 Å². The van der Waals surface area contributed by atoms with E-state index in [9.17, 15) is 13.2 Å². The van der Waals surface area contributed by atoms with Crippen molar-refractivity contribution in [2.45, 2.75) is 37.6 Å². The molecule has 0 aromatic heterocycles. The molecular weight excluding hydrogens is 314 g/mol. The van der Waals surface area contributed by atoms with Crippen molar-refractivity contribution in [3.8, 4) is 0 Å². The van der Waals surface area contributed by atoms with E-state index in [1.54, 1.807) is 23.1 Å². The standard InChI is InChI=1S/C16H23N3O3S/c1-11-5-7-17-10-15(11)18-23(21,22)14-3-4-16-13(9-14)6-8-19(16)12(2)20/h3-4,9,11,15,17-18H,5-8,10H2,1-2H3. The highest BCUT2D eigenvalue weighted by Gasteiger charge is 2.28. The van der Waals surface area contributed by atoms with E-state index < -0.39 is 10.0 Å². The monoisotopic (exact) mass is 337 g/mol. The number of nitrogens with one attached hydrogen (secondary N) is 2. The van der Waals surface area contributed by atoms with Gasteiger partial charge in [0, 0.05) is 31.7 Å². The Morgan fingerprint density at radius 3 is 2.87 bits per heavy atom. The molecule has 1 amide bonds. The minimum absolute atomic E-state index is 0.0143. The highest BCUT2D eigenvalue weighted by molar-refractivity contribution is 7.89. The maximum Gasteiger partial charge on any atom is 0.240 e. The summed E-state index contributed by atoms with van der Waals surface area (Å²) in [5.74, 6) is 0.299. The number of fused-ring (bicyclic) bond motifs is 1. The van der Waals surface area contributed by atoms with Crippen molar-refractivity contribution in [3.63, 3.8) is 0 Å². The zero-order valence-electron chi connectivity index (χ0n) is 13.5. The van der Waals surface area contributed by atoms with E-state index in [0.717, 1.165) is 24.2 Å². The number of amides is 1. The molecule has 1 aromatic rings. The van der Waals surface area contributed by atoms with Crippen LogP contribution in [0.1, 0.15) is 25.8 Å². The van der Waals surface area contributed by atoms with Gasteiger partial charge in [-0.15, -0.1) is 0 Å². The fourth-order valence-corrected chi connectivity index (χ4v) is 4.68. The van der Waals surface area contributed by atoms with Gasteiger partial charge >= 0.3 is 0 Å². The summed E-state index contributed by atoms with van der Waals surface area (Å²) < 4.78 is 28.1. The van der Waals surface area contributed by atoms with E-state index in [-0.39, 0.29) is 16.8 Å². The Balaban J connectivity index is 1.82. The van der Waals surface area contributed by atoms with Gasteiger partial charge in [0.1, 0.15) is 0 Å². The van der Waals surface area contributed by atoms with Crippen LogP contribution in [-0.4, -0.2) is 40.0 Å². The molecule has 0 radical (unpaired) electrons. The maximum atomic E-state index is 12.6. The predicted octanol–water partition coefficient (Wildman–Crippen LogP) is 0.872. The number of hydrogen-bond donors (Lipinski definition) is 2. The van der Waals surface area contributed by atoms with E-state index in [0.29, 0.717) is 25.4 Å². The van der Waals surface area contributed by atoms with Gasteiger partial charge in [-0.05, 0) is 49.1 Å². The molecule has 3 rings (SSSR count). The molecule has 1 saturated heterocycles. The van der Waals surface area contributed by atoms with E-state index in [2.05, 4.69) is 17.0 Å². The maximum absolute atomic E-state index is 12.6. The van der Waals surface area contributed by atoms with Crippen LogP contribution < -0.4 is 14.9 Å². The van der Waals surface area contributed by atoms with E-state index in [1.165, 1.54) is 6.92 Å². The second kappa shape index (κ2) is 6.22. The van der Waals surface area contributed by atoms with Crippen LogP contribution in [0, 0.1) is 5.92 Å². The van der Waals surface area contributed by atoms with Crippen molar-refractivity contribution < 1.29 is 13.2 Å². The van der Waals surface area contributed by atoms with Crippen LogP contribution in [-0.2, 0) is 21.2 Å². The fraction of sp³-hybridized carbons (Fsp3) is 0.562. The van der Waals surface area contributed by atoms with Gasteiger partial charge in [0.2, 0.25) is 15.9 Å². The highest BCUT2D eigenvalue weighted by atomic mass is 32.2. The van der Waals surface area contributed by atoms with Gasteiger partial charge in [-0.25, -0.2) is 13.1 Å². The summed E-state index contributed by atoms with van der Waals surface area (Å²) in [6.45, 7) is 5.80. The lowest BCUT2D eigenvalue weighted by Gasteiger charge is -2.30. The van der Waals surface area contributed by atoms with Crippen molar-refractivity contribution in [1.29, 1.82) is 0 Å². The molecule has 2 heterocycles. The second-order valence-corrected chi connectivity index (χ2v) is 8.12. The average Bonchev–Trinajstić information content (AvgIpc) is 2.92. The molecule has 2 atom stereocenters. The molecule has 0 bridgehead atoms. The minimum atomic E-state index is -3.55. The number of carbonyl (C=O) groups excluding carboxylic acids is 1. The smallest absolute Gasteiger partial charge is 0.240 e. The van der Waals surface area contributed by atoms with Gasteiger partial charge in [0.25, 0.3) is 0 Å². The van der Waals surface area contributed by atoms with Crippen molar-refractivity contribution >= 4 is 21.6 Å². The van der Waals surface area contributed by atoms with Crippen LogP contribution in [0.2, 0.25) is 0 Å². The summed E-state index contributed by atoms with van der Waals surface area (Å²) in [6, 6.07) is 4.93. The van der Waals surface area contributed by atoms with Gasteiger partial charge < -0.3 is 10.2 Å². The third kappa shape index (κ3) is 3.27. The Labute approximate surface area is 137 Å². The summed E-state index contributed by atoms with van der Waals surface area (Å²) in [7, 11) is -3.55. The van der Waals surface area contributed by atoms with Gasteiger partial charge in [0.15, 0.2) is 0 Å². The normalized spacial score (nSPS) is 24.5. The van der Waals surface area contributed by atoms with E-state index in [4.69, 9.17) is 0 Å². The van der Waals surface area contributed by atoms with Crippen LogP contribution in [0.3, 0.4) is 0 Å². The number of carbonyl (C=O) groups is 1. The molecule has 0 saturated carbocycles. The van der Waals surface area contributed by atoms with Crippen LogP contribution >= 0.6 is 0 Å². The third-order valence-electron chi connectivity index (χ3n) is 4.77. The SMILES string of the molecule is CC(=O)N1CCc2cc(S(=O)(=O)NC3CNCCC3C)ccc21. The molecule has 6 nitrogen and oxygen atoms in total. The highest BCUT2D eigenvalue weighted by Crippen LogP contribution is 2.30. The number of sulfonamides is 1. The molecular formula is C16H23N3O3S. The molecule has 7 heteroatoms. The van der Waals surface area contributed by atoms with Crippen molar-refractivity contribution in [1.82, 2.24) is 10.0 Å². The molecule has 1 fully saturated rings. The van der Waals surface area contributed by atoms with Crippen LogP contribution in [0.5, 0.6) is 0 Å². The summed E-state index contributed by atoms with van der Waals surface area (Å²) >= 11 is 0. The van der Waals surface area contributed by atoms with Crippen molar-refractivity contribution in [3.05, 3.63) is 23.8 Å². The molecule has 0 aliphatic carbocycles. The number of hydrogen-bond acceptors (Lipinski definition) is 4. The van der Waals surface area contributed by atoms with Gasteiger partial charge in [-0.2, -0.15) is 0 Å². The molecule has 2 aliphatic rings. The molecule has 2 aliphatic heterocycles. The van der Waals surface area contributed by atoms with Gasteiger partial charge in [-0.3, -0.25) is 4.79 Å². The Hall–Kier alpha value is -1.44. The first-order valence-corrected chi connectivity index (χ1v) is 9.51. The first-order chi connectivity index (χ1) is 10.9. The van der Waals surface area contributed by atoms with Gasteiger partial charge in [0.05, 0.1) is 4.90 Å². The summed E-state index contributed by atoms with van der Waals surface area (Å²) in [5.41, 5.74) is 1.74. The topological polar surface area (TPSA) is 78.5 Å². The first kappa shape index (κ1) is 16.4. The Kier molecular flexibility index (Phi) is 4.44. The zero-order valence-corrected chi connectivity index (χ0v) is 14.3. The number of piperidine rings is 1. The molecule has 1 aromatic carbocycles. The number of anilines is 1. The number of nitrogens with zero attached hydrogens (tertiary/aromatic N) is 1. The predicted molar refractivity (Wildman–Crippen MR) is 88.9 cm³/mol. The molecule has 23 heavy (non-hydrogen) atoms. The summed E-state index contributed by atoms with van der Waals surface area (Å²) in [6.07, 6.45) is 1.66. The lowest BCUT2D eigenvalue weighted by Crippen LogP contribution is -2.50. The zero-order chi connectivity index (χ0) is 16.6. The lowest BCUT2D eigenvalue weighted by atomic mass is 9.96. The number of rotatable bonds is 3. The Morgan fingerprint density at radius 2 is 2.17 bits per heavy atom. The quantitative estimate of drug-likeness (QED) is 0.858. The summed E-state index contributed by atoms with van der Waals surface area (Å²) in [4.78, 5) is 13.5. The number of benzene rings is 1. The second-order valence-electron chi connectivity index (χ2n) is 6.41. The average molecular weight is 337 g/mol. The molecule has 2 N–H and O–H groups in total. The van der Waals surface area contributed by atoms with Crippen molar-refractivity contribution in [2.75, 3.05) is 24.5 Å². The first-order valence-electron chi connectivity index (χ1n) is 8.02. The lowest BCUT2D eigenvalue weighted by molar-refractivity contribution is -0.116. The summed E-state index contributed by atoms with van der Waals surface area (Å²) in [5, 5.41) is 3.23. The Morgan fingerprint density at radius 1 is 1.39 bits per heavy atom. The van der Waals surface area contributed by atoms with Crippen molar-refractivity contribution in [2.24, 2.45) is 5.92 Å². The molecule has 0 spiro atoms. The van der Waals surface area contributed by atoms with Crippen LogP contribution in [0.25, 0.3) is 0 Å². The fourth-order valence-electron chi connectivity index (χ4n) is 3.29.